The van der Waals surface area contributed by atoms with Crippen LogP contribution < -0.4 is 14.7 Å². The van der Waals surface area contributed by atoms with Gasteiger partial charge in [0.25, 0.3) is 0 Å². The Morgan fingerprint density at radius 2 is 1.38 bits per heavy atom. The number of piperidine rings is 1. The van der Waals surface area contributed by atoms with Crippen molar-refractivity contribution in [3.8, 4) is 0 Å². The number of aromatic nitrogens is 4. The van der Waals surface area contributed by atoms with Crippen LogP contribution >= 0.6 is 11.5 Å². The van der Waals surface area contributed by atoms with E-state index in [-0.39, 0.29) is 0 Å². The third-order valence-corrected chi connectivity index (χ3v) is 5.58. The molecule has 2 fully saturated rings. The van der Waals surface area contributed by atoms with Gasteiger partial charge in [-0.3, -0.25) is 0 Å². The highest BCUT2D eigenvalue weighted by atomic mass is 32.1. The van der Waals surface area contributed by atoms with Gasteiger partial charge in [0.2, 0.25) is 5.13 Å². The standard InChI is InChI=1S/C16H23N7S/c1-13-17-16(24-20-13)23-11-9-22(10-12-23)15-6-5-14(18-19-15)21-7-3-2-4-8-21/h5-6H,2-4,7-12H2,1H3. The molecule has 0 aromatic carbocycles. The van der Waals surface area contributed by atoms with Crippen LogP contribution in [0.4, 0.5) is 16.8 Å². The molecule has 128 valence electrons. The minimum Gasteiger partial charge on any atom is -0.355 e. The molecule has 4 rings (SSSR count). The Kier molecular flexibility index (Phi) is 4.46. The predicted octanol–water partition coefficient (Wildman–Crippen LogP) is 1.95. The summed E-state index contributed by atoms with van der Waals surface area (Å²) in [5, 5.41) is 9.95. The van der Waals surface area contributed by atoms with Crippen molar-refractivity contribution in [3.63, 3.8) is 0 Å². The topological polar surface area (TPSA) is 61.3 Å². The molecule has 0 N–H and O–H groups in total. The Morgan fingerprint density at radius 3 is 1.92 bits per heavy atom. The van der Waals surface area contributed by atoms with E-state index >= 15 is 0 Å². The van der Waals surface area contributed by atoms with Crippen LogP contribution in [0.25, 0.3) is 0 Å². The summed E-state index contributed by atoms with van der Waals surface area (Å²) in [6, 6.07) is 4.23. The average Bonchev–Trinajstić information content (AvgIpc) is 3.09. The Morgan fingerprint density at radius 1 is 0.792 bits per heavy atom. The number of anilines is 3. The van der Waals surface area contributed by atoms with Gasteiger partial charge in [-0.15, -0.1) is 10.2 Å². The van der Waals surface area contributed by atoms with Gasteiger partial charge in [0.1, 0.15) is 5.82 Å². The summed E-state index contributed by atoms with van der Waals surface area (Å²) < 4.78 is 4.27. The summed E-state index contributed by atoms with van der Waals surface area (Å²) in [5.74, 6) is 2.85. The molecule has 4 heterocycles. The number of aryl methyl sites for hydroxylation is 1. The SMILES string of the molecule is Cc1nsc(N2CCN(c3ccc(N4CCCCC4)nn3)CC2)n1. The molecular weight excluding hydrogens is 322 g/mol. The highest BCUT2D eigenvalue weighted by molar-refractivity contribution is 7.09. The van der Waals surface area contributed by atoms with Crippen LogP contribution in [0.2, 0.25) is 0 Å². The maximum Gasteiger partial charge on any atom is 0.205 e. The van der Waals surface area contributed by atoms with Crippen LogP contribution in [-0.4, -0.2) is 58.8 Å². The molecule has 7 nitrogen and oxygen atoms in total. The number of rotatable bonds is 3. The molecule has 2 aromatic heterocycles. The molecule has 0 unspecified atom stereocenters. The molecule has 0 saturated carbocycles. The van der Waals surface area contributed by atoms with Crippen LogP contribution in [0.15, 0.2) is 12.1 Å². The second-order valence-corrected chi connectivity index (χ2v) is 7.13. The van der Waals surface area contributed by atoms with E-state index in [1.165, 1.54) is 30.8 Å². The minimum absolute atomic E-state index is 0.858. The van der Waals surface area contributed by atoms with E-state index in [4.69, 9.17) is 0 Å². The van der Waals surface area contributed by atoms with Crippen LogP contribution in [0, 0.1) is 6.92 Å². The summed E-state index contributed by atoms with van der Waals surface area (Å²) >= 11 is 1.48. The van der Waals surface area contributed by atoms with Gasteiger partial charge in [0.05, 0.1) is 0 Å². The summed E-state index contributed by atoms with van der Waals surface area (Å²) in [6.07, 6.45) is 3.85. The summed E-state index contributed by atoms with van der Waals surface area (Å²) in [5.41, 5.74) is 0. The van der Waals surface area contributed by atoms with E-state index < -0.39 is 0 Å². The average molecular weight is 345 g/mol. The molecule has 8 heteroatoms. The van der Waals surface area contributed by atoms with Crippen LogP contribution in [-0.2, 0) is 0 Å². The predicted molar refractivity (Wildman–Crippen MR) is 97.2 cm³/mol. The number of hydrogen-bond acceptors (Lipinski definition) is 8. The van der Waals surface area contributed by atoms with Crippen molar-refractivity contribution in [2.24, 2.45) is 0 Å². The molecule has 0 atom stereocenters. The lowest BCUT2D eigenvalue weighted by Crippen LogP contribution is -2.47. The van der Waals surface area contributed by atoms with Crippen LogP contribution in [0.5, 0.6) is 0 Å². The van der Waals surface area contributed by atoms with Crippen LogP contribution in [0.3, 0.4) is 0 Å². The van der Waals surface area contributed by atoms with Crippen molar-refractivity contribution in [1.29, 1.82) is 0 Å². The first-order valence-electron chi connectivity index (χ1n) is 8.68. The van der Waals surface area contributed by atoms with Crippen molar-refractivity contribution >= 4 is 28.3 Å². The van der Waals surface area contributed by atoms with Crippen molar-refractivity contribution in [1.82, 2.24) is 19.6 Å². The highest BCUT2D eigenvalue weighted by Crippen LogP contribution is 2.22. The maximum absolute atomic E-state index is 4.48. The molecule has 2 aromatic rings. The molecule has 24 heavy (non-hydrogen) atoms. The van der Waals surface area contributed by atoms with E-state index in [1.54, 1.807) is 0 Å². The Balaban J connectivity index is 1.37. The van der Waals surface area contributed by atoms with Crippen LogP contribution in [0.1, 0.15) is 25.1 Å². The Bertz CT molecular complexity index is 657. The lowest BCUT2D eigenvalue weighted by Gasteiger charge is -2.35. The van der Waals surface area contributed by atoms with Crippen molar-refractivity contribution in [2.75, 3.05) is 54.0 Å². The van der Waals surface area contributed by atoms with Gasteiger partial charge < -0.3 is 14.7 Å². The zero-order valence-electron chi connectivity index (χ0n) is 14.1. The monoisotopic (exact) mass is 345 g/mol. The smallest absolute Gasteiger partial charge is 0.205 e. The molecule has 0 bridgehead atoms. The molecule has 2 aliphatic rings. The second kappa shape index (κ2) is 6.88. The Labute approximate surface area is 146 Å². The van der Waals surface area contributed by atoms with E-state index in [0.29, 0.717) is 0 Å². The fraction of sp³-hybridized carbons (Fsp3) is 0.625. The van der Waals surface area contributed by atoms with Crippen molar-refractivity contribution in [2.45, 2.75) is 26.2 Å². The van der Waals surface area contributed by atoms with Gasteiger partial charge in [0.15, 0.2) is 11.6 Å². The van der Waals surface area contributed by atoms with Gasteiger partial charge in [-0.1, -0.05) is 0 Å². The van der Waals surface area contributed by atoms with Crippen molar-refractivity contribution < 1.29 is 0 Å². The number of nitrogens with zero attached hydrogens (tertiary/aromatic N) is 7. The van der Waals surface area contributed by atoms with E-state index in [1.807, 2.05) is 6.92 Å². The lowest BCUT2D eigenvalue weighted by molar-refractivity contribution is 0.570. The summed E-state index contributed by atoms with van der Waals surface area (Å²) in [4.78, 5) is 11.4. The quantitative estimate of drug-likeness (QED) is 0.842. The van der Waals surface area contributed by atoms with Gasteiger partial charge in [-0.05, 0) is 38.3 Å². The molecule has 0 spiro atoms. The molecule has 0 amide bonds. The van der Waals surface area contributed by atoms with E-state index in [2.05, 4.69) is 46.4 Å². The second-order valence-electron chi connectivity index (χ2n) is 6.40. The maximum atomic E-state index is 4.48. The van der Waals surface area contributed by atoms with Gasteiger partial charge in [-0.25, -0.2) is 4.98 Å². The Hall–Kier alpha value is -1.96. The van der Waals surface area contributed by atoms with E-state index in [9.17, 15) is 0 Å². The lowest BCUT2D eigenvalue weighted by atomic mass is 10.1. The first-order chi connectivity index (χ1) is 11.8. The fourth-order valence-corrected chi connectivity index (χ4v) is 4.05. The summed E-state index contributed by atoms with van der Waals surface area (Å²) in [7, 11) is 0. The van der Waals surface area contributed by atoms with Gasteiger partial charge >= 0.3 is 0 Å². The molecule has 0 radical (unpaired) electrons. The van der Waals surface area contributed by atoms with Gasteiger partial charge in [-0.2, -0.15) is 4.37 Å². The summed E-state index contributed by atoms with van der Waals surface area (Å²) in [6.45, 7) is 7.93. The highest BCUT2D eigenvalue weighted by Gasteiger charge is 2.21. The minimum atomic E-state index is 0.858. The first kappa shape index (κ1) is 15.6. The number of piperazine rings is 1. The largest absolute Gasteiger partial charge is 0.355 e. The molecular formula is C16H23N7S. The third-order valence-electron chi connectivity index (χ3n) is 4.71. The van der Waals surface area contributed by atoms with Crippen molar-refractivity contribution in [3.05, 3.63) is 18.0 Å². The number of hydrogen-bond donors (Lipinski definition) is 0. The first-order valence-corrected chi connectivity index (χ1v) is 9.46. The fourth-order valence-electron chi connectivity index (χ4n) is 3.32. The van der Waals surface area contributed by atoms with Gasteiger partial charge in [0, 0.05) is 50.8 Å². The molecule has 2 saturated heterocycles. The zero-order valence-corrected chi connectivity index (χ0v) is 14.9. The normalized spacial score (nSPS) is 19.0. The molecule has 0 aliphatic carbocycles. The third kappa shape index (κ3) is 3.28. The zero-order chi connectivity index (χ0) is 16.4. The molecule has 2 aliphatic heterocycles. The van der Waals surface area contributed by atoms with E-state index in [0.717, 1.165) is 61.9 Å².